The standard InChI is InChI=1S/C12H11F3N4O/c13-12(14,15)10-3-6-19(18-10)7-5-17-11(20)9-2-1-4-16-8-9/h1-4,6,8H,5,7H2,(H,17,20). The Bertz CT molecular complexity index is 580. The fourth-order valence-corrected chi connectivity index (χ4v) is 1.52. The number of halogens is 3. The molecule has 0 atom stereocenters. The third-order valence-corrected chi connectivity index (χ3v) is 2.48. The van der Waals surface area contributed by atoms with E-state index < -0.39 is 11.9 Å². The van der Waals surface area contributed by atoms with E-state index in [0.29, 0.717) is 5.56 Å². The monoisotopic (exact) mass is 284 g/mol. The van der Waals surface area contributed by atoms with Crippen LogP contribution in [0.1, 0.15) is 16.1 Å². The van der Waals surface area contributed by atoms with Crippen LogP contribution in [0.2, 0.25) is 0 Å². The van der Waals surface area contributed by atoms with Gasteiger partial charge in [0.2, 0.25) is 0 Å². The Morgan fingerprint density at radius 2 is 2.15 bits per heavy atom. The average Bonchev–Trinajstić information content (AvgIpc) is 2.88. The van der Waals surface area contributed by atoms with Crippen molar-refractivity contribution in [3.63, 3.8) is 0 Å². The minimum Gasteiger partial charge on any atom is -0.350 e. The molecule has 2 heterocycles. The summed E-state index contributed by atoms with van der Waals surface area (Å²) in [6.07, 6.45) is -0.284. The molecule has 106 valence electrons. The molecule has 0 spiro atoms. The number of rotatable bonds is 4. The Labute approximate surface area is 112 Å². The van der Waals surface area contributed by atoms with E-state index in [1.54, 1.807) is 18.3 Å². The van der Waals surface area contributed by atoms with Crippen molar-refractivity contribution in [1.82, 2.24) is 20.1 Å². The molecule has 20 heavy (non-hydrogen) atoms. The van der Waals surface area contributed by atoms with Crippen molar-refractivity contribution in [2.45, 2.75) is 12.7 Å². The van der Waals surface area contributed by atoms with Gasteiger partial charge in [-0.25, -0.2) is 0 Å². The maximum Gasteiger partial charge on any atom is 0.435 e. The number of aromatic nitrogens is 3. The average molecular weight is 284 g/mol. The zero-order valence-corrected chi connectivity index (χ0v) is 10.3. The van der Waals surface area contributed by atoms with Crippen molar-refractivity contribution in [2.24, 2.45) is 0 Å². The molecule has 0 bridgehead atoms. The van der Waals surface area contributed by atoms with Crippen LogP contribution in [0, 0.1) is 0 Å². The number of nitrogens with zero attached hydrogens (tertiary/aromatic N) is 3. The summed E-state index contributed by atoms with van der Waals surface area (Å²) in [5, 5.41) is 5.95. The van der Waals surface area contributed by atoms with Crippen LogP contribution in [0.5, 0.6) is 0 Å². The molecule has 1 N–H and O–H groups in total. The normalized spacial score (nSPS) is 11.3. The van der Waals surface area contributed by atoms with Crippen molar-refractivity contribution in [3.8, 4) is 0 Å². The van der Waals surface area contributed by atoms with Crippen molar-refractivity contribution < 1.29 is 18.0 Å². The molecule has 0 aromatic carbocycles. The Morgan fingerprint density at radius 1 is 1.35 bits per heavy atom. The Morgan fingerprint density at radius 3 is 2.75 bits per heavy atom. The lowest BCUT2D eigenvalue weighted by molar-refractivity contribution is -0.141. The summed E-state index contributed by atoms with van der Waals surface area (Å²) in [7, 11) is 0. The number of hydrogen-bond acceptors (Lipinski definition) is 3. The highest BCUT2D eigenvalue weighted by molar-refractivity contribution is 5.93. The van der Waals surface area contributed by atoms with Gasteiger partial charge in [0.1, 0.15) is 0 Å². The fourth-order valence-electron chi connectivity index (χ4n) is 1.52. The summed E-state index contributed by atoms with van der Waals surface area (Å²) >= 11 is 0. The maximum absolute atomic E-state index is 12.3. The topological polar surface area (TPSA) is 59.8 Å². The lowest BCUT2D eigenvalue weighted by Crippen LogP contribution is -2.27. The second-order valence-corrected chi connectivity index (χ2v) is 3.96. The number of alkyl halides is 3. The first-order chi connectivity index (χ1) is 9.47. The van der Waals surface area contributed by atoms with E-state index in [1.807, 2.05) is 0 Å². The molecule has 0 aliphatic carbocycles. The number of hydrogen-bond donors (Lipinski definition) is 1. The van der Waals surface area contributed by atoms with Gasteiger partial charge in [-0.2, -0.15) is 18.3 Å². The summed E-state index contributed by atoms with van der Waals surface area (Å²) in [6, 6.07) is 4.11. The zero-order chi connectivity index (χ0) is 14.6. The first kappa shape index (κ1) is 14.0. The van der Waals surface area contributed by atoms with Crippen LogP contribution in [-0.2, 0) is 12.7 Å². The molecule has 0 saturated heterocycles. The van der Waals surface area contributed by atoms with Gasteiger partial charge in [0.25, 0.3) is 5.91 Å². The minimum absolute atomic E-state index is 0.155. The summed E-state index contributed by atoms with van der Waals surface area (Å²) in [4.78, 5) is 15.4. The predicted molar refractivity (Wildman–Crippen MR) is 63.8 cm³/mol. The van der Waals surface area contributed by atoms with Gasteiger partial charge in [0, 0.05) is 25.1 Å². The van der Waals surface area contributed by atoms with E-state index in [4.69, 9.17) is 0 Å². The van der Waals surface area contributed by atoms with E-state index in [9.17, 15) is 18.0 Å². The van der Waals surface area contributed by atoms with Crippen molar-refractivity contribution in [1.29, 1.82) is 0 Å². The van der Waals surface area contributed by atoms with Crippen LogP contribution in [0.25, 0.3) is 0 Å². The molecule has 2 rings (SSSR count). The highest BCUT2D eigenvalue weighted by atomic mass is 19.4. The lowest BCUT2D eigenvalue weighted by Gasteiger charge is -2.05. The smallest absolute Gasteiger partial charge is 0.350 e. The maximum atomic E-state index is 12.3. The molecule has 1 amide bonds. The molecule has 0 radical (unpaired) electrons. The van der Waals surface area contributed by atoms with E-state index in [0.717, 1.165) is 10.7 Å². The van der Waals surface area contributed by atoms with E-state index in [2.05, 4.69) is 15.4 Å². The van der Waals surface area contributed by atoms with Crippen molar-refractivity contribution in [3.05, 3.63) is 48.0 Å². The van der Waals surface area contributed by atoms with Gasteiger partial charge in [0.05, 0.1) is 12.1 Å². The molecular weight excluding hydrogens is 273 g/mol. The lowest BCUT2D eigenvalue weighted by atomic mass is 10.3. The molecule has 2 aromatic heterocycles. The molecule has 5 nitrogen and oxygen atoms in total. The largest absolute Gasteiger partial charge is 0.435 e. The van der Waals surface area contributed by atoms with Crippen LogP contribution in [-0.4, -0.2) is 27.2 Å². The second-order valence-electron chi connectivity index (χ2n) is 3.96. The highest BCUT2D eigenvalue weighted by Gasteiger charge is 2.33. The SMILES string of the molecule is O=C(NCCn1ccc(C(F)(F)F)n1)c1cccnc1. The Balaban J connectivity index is 1.85. The molecule has 2 aromatic rings. The van der Waals surface area contributed by atoms with Gasteiger partial charge >= 0.3 is 6.18 Å². The van der Waals surface area contributed by atoms with Gasteiger partial charge in [-0.05, 0) is 18.2 Å². The first-order valence-corrected chi connectivity index (χ1v) is 5.76. The number of nitrogens with one attached hydrogen (secondary N) is 1. The Kier molecular flexibility index (Phi) is 4.02. The molecule has 0 saturated carbocycles. The molecule has 0 unspecified atom stereocenters. The number of amides is 1. The van der Waals surface area contributed by atoms with Crippen LogP contribution in [0.15, 0.2) is 36.8 Å². The summed E-state index contributed by atoms with van der Waals surface area (Å²) < 4.78 is 38.1. The van der Waals surface area contributed by atoms with Gasteiger partial charge in [-0.15, -0.1) is 0 Å². The Hall–Kier alpha value is -2.38. The van der Waals surface area contributed by atoms with Gasteiger partial charge < -0.3 is 5.32 Å². The van der Waals surface area contributed by atoms with Crippen molar-refractivity contribution >= 4 is 5.91 Å². The zero-order valence-electron chi connectivity index (χ0n) is 10.3. The van der Waals surface area contributed by atoms with Crippen LogP contribution < -0.4 is 5.32 Å². The number of carbonyl (C=O) groups excluding carboxylic acids is 1. The third kappa shape index (κ3) is 3.56. The van der Waals surface area contributed by atoms with E-state index >= 15 is 0 Å². The molecule has 0 fully saturated rings. The summed E-state index contributed by atoms with van der Waals surface area (Å²) in [6.45, 7) is 0.328. The van der Waals surface area contributed by atoms with Crippen LogP contribution in [0.3, 0.4) is 0 Å². The van der Waals surface area contributed by atoms with Crippen LogP contribution in [0.4, 0.5) is 13.2 Å². The van der Waals surface area contributed by atoms with Gasteiger partial charge in [-0.1, -0.05) is 0 Å². The minimum atomic E-state index is -4.45. The van der Waals surface area contributed by atoms with Crippen molar-refractivity contribution in [2.75, 3.05) is 6.54 Å². The van der Waals surface area contributed by atoms with E-state index in [1.165, 1.54) is 12.4 Å². The van der Waals surface area contributed by atoms with E-state index in [-0.39, 0.29) is 19.0 Å². The third-order valence-electron chi connectivity index (χ3n) is 2.48. The first-order valence-electron chi connectivity index (χ1n) is 5.76. The summed E-state index contributed by atoms with van der Waals surface area (Å²) in [5.74, 6) is -0.332. The van der Waals surface area contributed by atoms with Crippen LogP contribution >= 0.6 is 0 Å². The quantitative estimate of drug-likeness (QED) is 0.930. The number of pyridine rings is 1. The number of carbonyl (C=O) groups is 1. The second kappa shape index (κ2) is 5.72. The molecule has 0 aliphatic heterocycles. The van der Waals surface area contributed by atoms with Gasteiger partial charge in [0.15, 0.2) is 5.69 Å². The predicted octanol–water partition coefficient (Wildman–Crippen LogP) is 1.73. The molecule has 0 aliphatic rings. The molecular formula is C12H11F3N4O. The summed E-state index contributed by atoms with van der Waals surface area (Å²) in [5.41, 5.74) is -0.556. The fraction of sp³-hybridized carbons (Fsp3) is 0.250. The van der Waals surface area contributed by atoms with Gasteiger partial charge in [-0.3, -0.25) is 14.5 Å². The highest BCUT2D eigenvalue weighted by Crippen LogP contribution is 2.27. The molecule has 8 heteroatoms.